The molecule has 2 aromatic heterocycles. The van der Waals surface area contributed by atoms with Crippen molar-refractivity contribution in [2.24, 2.45) is 5.10 Å². The molecule has 5 aromatic rings. The minimum atomic E-state index is -0.463. The number of rotatable bonds is 5. The Morgan fingerprint density at radius 2 is 1.91 bits per heavy atom. The number of halogens is 1. The van der Waals surface area contributed by atoms with E-state index >= 15 is 0 Å². The number of ether oxygens (including phenoxy) is 2. The lowest BCUT2D eigenvalue weighted by molar-refractivity contribution is -0.132. The molecule has 8 nitrogen and oxygen atoms in total. The molecule has 5 rings (SSSR count). The molecule has 0 fully saturated rings. The maximum atomic E-state index is 13.4. The van der Waals surface area contributed by atoms with E-state index in [4.69, 9.17) is 25.5 Å². The summed E-state index contributed by atoms with van der Waals surface area (Å²) in [5, 5.41) is 6.18. The van der Waals surface area contributed by atoms with Crippen LogP contribution in [-0.4, -0.2) is 29.0 Å². The number of furan rings is 1. The second kappa shape index (κ2) is 9.08. The predicted molar refractivity (Wildman–Crippen MR) is 134 cm³/mol. The zero-order chi connectivity index (χ0) is 24.5. The van der Waals surface area contributed by atoms with Crippen LogP contribution in [0, 0.1) is 0 Å². The maximum Gasteiger partial charge on any atom is 0.308 e. The van der Waals surface area contributed by atoms with Crippen molar-refractivity contribution in [3.8, 4) is 23.1 Å². The second-order valence-corrected chi connectivity index (χ2v) is 8.05. The number of esters is 1. The third-order valence-electron chi connectivity index (χ3n) is 5.22. The molecule has 0 aliphatic heterocycles. The van der Waals surface area contributed by atoms with Gasteiger partial charge in [0.1, 0.15) is 5.58 Å². The number of nitrogens with zero attached hydrogens (tertiary/aromatic N) is 3. The highest BCUT2D eigenvalue weighted by molar-refractivity contribution is 6.31. The van der Waals surface area contributed by atoms with Gasteiger partial charge in [0.2, 0.25) is 5.82 Å². The lowest BCUT2D eigenvalue weighted by atomic mass is 10.2. The van der Waals surface area contributed by atoms with Crippen molar-refractivity contribution in [3.63, 3.8) is 0 Å². The Labute approximate surface area is 204 Å². The van der Waals surface area contributed by atoms with Gasteiger partial charge >= 0.3 is 5.97 Å². The van der Waals surface area contributed by atoms with E-state index in [2.05, 4.69) is 10.1 Å². The van der Waals surface area contributed by atoms with Crippen molar-refractivity contribution in [1.82, 2.24) is 9.66 Å². The summed E-state index contributed by atoms with van der Waals surface area (Å²) in [4.78, 5) is 29.3. The Hall–Kier alpha value is -4.43. The van der Waals surface area contributed by atoms with Crippen molar-refractivity contribution in [2.75, 3.05) is 7.11 Å². The summed E-state index contributed by atoms with van der Waals surface area (Å²) < 4.78 is 17.6. The zero-order valence-corrected chi connectivity index (χ0v) is 19.4. The van der Waals surface area contributed by atoms with Crippen LogP contribution in [0.3, 0.4) is 0 Å². The molecule has 0 unspecified atom stereocenters. The largest absolute Gasteiger partial charge is 0.493 e. The standard InChI is InChI=1S/C26H18ClN3O5/c1-15(31)34-22-9-7-16(11-23(22)33-2)14-28-30-25(29-20-6-4-3-5-19(20)26(30)32)24-13-17-12-18(27)8-10-21(17)35-24/h3-14H,1-2H3. The van der Waals surface area contributed by atoms with Crippen LogP contribution in [0.25, 0.3) is 33.5 Å². The molecule has 0 saturated heterocycles. The minimum Gasteiger partial charge on any atom is -0.493 e. The Morgan fingerprint density at radius 3 is 2.71 bits per heavy atom. The van der Waals surface area contributed by atoms with Crippen LogP contribution in [0.1, 0.15) is 12.5 Å². The third-order valence-corrected chi connectivity index (χ3v) is 5.45. The molecule has 2 heterocycles. The van der Waals surface area contributed by atoms with Gasteiger partial charge in [0, 0.05) is 17.3 Å². The smallest absolute Gasteiger partial charge is 0.308 e. The van der Waals surface area contributed by atoms with Gasteiger partial charge in [-0.15, -0.1) is 0 Å². The fourth-order valence-corrected chi connectivity index (χ4v) is 3.82. The summed E-state index contributed by atoms with van der Waals surface area (Å²) in [5.41, 5.74) is 1.38. The molecule has 0 radical (unpaired) electrons. The number of fused-ring (bicyclic) bond motifs is 2. The van der Waals surface area contributed by atoms with Crippen LogP contribution in [0.4, 0.5) is 0 Å². The first-order valence-corrected chi connectivity index (χ1v) is 10.9. The quantitative estimate of drug-likeness (QED) is 0.190. The summed E-state index contributed by atoms with van der Waals surface area (Å²) in [6.45, 7) is 1.31. The molecular weight excluding hydrogens is 470 g/mol. The van der Waals surface area contributed by atoms with Crippen LogP contribution in [0.5, 0.6) is 11.5 Å². The average molecular weight is 488 g/mol. The van der Waals surface area contributed by atoms with E-state index in [1.165, 1.54) is 24.9 Å². The molecule has 9 heteroatoms. The first-order chi connectivity index (χ1) is 16.9. The molecule has 0 aliphatic rings. The first-order valence-electron chi connectivity index (χ1n) is 10.5. The second-order valence-electron chi connectivity index (χ2n) is 7.61. The molecule has 0 aliphatic carbocycles. The van der Waals surface area contributed by atoms with Crippen molar-refractivity contribution in [2.45, 2.75) is 6.92 Å². The topological polar surface area (TPSA) is 95.9 Å². The lowest BCUT2D eigenvalue weighted by Crippen LogP contribution is -2.20. The molecule has 0 N–H and O–H groups in total. The Bertz CT molecular complexity index is 1690. The fourth-order valence-electron chi connectivity index (χ4n) is 3.64. The zero-order valence-electron chi connectivity index (χ0n) is 18.7. The summed E-state index contributed by atoms with van der Waals surface area (Å²) >= 11 is 6.12. The summed E-state index contributed by atoms with van der Waals surface area (Å²) in [7, 11) is 1.47. The van der Waals surface area contributed by atoms with E-state index in [0.29, 0.717) is 38.6 Å². The monoisotopic (exact) mass is 487 g/mol. The van der Waals surface area contributed by atoms with Gasteiger partial charge in [0.25, 0.3) is 5.56 Å². The molecule has 3 aromatic carbocycles. The van der Waals surface area contributed by atoms with Gasteiger partial charge in [0.15, 0.2) is 17.3 Å². The SMILES string of the molecule is COc1cc(C=Nn2c(-c3cc4cc(Cl)ccc4o3)nc3ccccc3c2=O)ccc1OC(C)=O. The highest BCUT2D eigenvalue weighted by Gasteiger charge is 2.17. The highest BCUT2D eigenvalue weighted by atomic mass is 35.5. The number of benzene rings is 3. The van der Waals surface area contributed by atoms with Gasteiger partial charge in [-0.05, 0) is 60.2 Å². The number of carbonyl (C=O) groups is 1. The van der Waals surface area contributed by atoms with Gasteiger partial charge < -0.3 is 13.9 Å². The number of aromatic nitrogens is 2. The van der Waals surface area contributed by atoms with Crippen LogP contribution < -0.4 is 15.0 Å². The van der Waals surface area contributed by atoms with Crippen molar-refractivity contribution < 1.29 is 18.7 Å². The van der Waals surface area contributed by atoms with Crippen molar-refractivity contribution in [3.05, 3.63) is 87.7 Å². The van der Waals surface area contributed by atoms with Gasteiger partial charge in [-0.2, -0.15) is 9.78 Å². The van der Waals surface area contributed by atoms with Gasteiger partial charge in [-0.25, -0.2) is 4.98 Å². The Morgan fingerprint density at radius 1 is 1.09 bits per heavy atom. The van der Waals surface area contributed by atoms with E-state index < -0.39 is 5.97 Å². The highest BCUT2D eigenvalue weighted by Crippen LogP contribution is 2.30. The van der Waals surface area contributed by atoms with Gasteiger partial charge in [-0.1, -0.05) is 23.7 Å². The molecule has 0 spiro atoms. The molecule has 35 heavy (non-hydrogen) atoms. The number of hydrogen-bond acceptors (Lipinski definition) is 7. The van der Waals surface area contributed by atoms with Gasteiger partial charge in [0.05, 0.1) is 24.2 Å². The molecule has 0 saturated carbocycles. The van der Waals surface area contributed by atoms with E-state index in [1.807, 2.05) is 6.07 Å². The van der Waals surface area contributed by atoms with Crippen LogP contribution in [0.2, 0.25) is 5.02 Å². The van der Waals surface area contributed by atoms with E-state index in [9.17, 15) is 9.59 Å². The predicted octanol–water partition coefficient (Wildman–Crippen LogP) is 5.28. The molecule has 0 amide bonds. The minimum absolute atomic E-state index is 0.237. The van der Waals surface area contributed by atoms with Crippen LogP contribution >= 0.6 is 11.6 Å². The Balaban J connectivity index is 1.65. The number of methoxy groups -OCH3 is 1. The molecule has 174 valence electrons. The molecule has 0 atom stereocenters. The molecule has 0 bridgehead atoms. The van der Waals surface area contributed by atoms with Crippen molar-refractivity contribution in [1.29, 1.82) is 0 Å². The maximum absolute atomic E-state index is 13.4. The lowest BCUT2D eigenvalue weighted by Gasteiger charge is -2.09. The Kier molecular flexibility index (Phi) is 5.80. The van der Waals surface area contributed by atoms with Gasteiger partial charge in [-0.3, -0.25) is 9.59 Å². The average Bonchev–Trinajstić information content (AvgIpc) is 3.27. The molecular formula is C26H18ClN3O5. The summed E-state index contributed by atoms with van der Waals surface area (Å²) in [6.07, 6.45) is 1.49. The first kappa shape index (κ1) is 22.4. The normalized spacial score (nSPS) is 11.4. The van der Waals surface area contributed by atoms with Crippen LogP contribution in [0.15, 0.2) is 81.0 Å². The number of para-hydroxylation sites is 1. The van der Waals surface area contributed by atoms with E-state index in [1.54, 1.807) is 60.7 Å². The van der Waals surface area contributed by atoms with Crippen LogP contribution in [-0.2, 0) is 4.79 Å². The van der Waals surface area contributed by atoms with E-state index in [0.717, 1.165) is 5.39 Å². The number of carbonyl (C=O) groups excluding carboxylic acids is 1. The summed E-state index contributed by atoms with van der Waals surface area (Å²) in [6, 6.07) is 19.0. The fraction of sp³-hybridized carbons (Fsp3) is 0.0769. The van der Waals surface area contributed by atoms with Crippen molar-refractivity contribution >= 4 is 45.7 Å². The summed E-state index contributed by atoms with van der Waals surface area (Å²) in [5.74, 6) is 0.770. The number of hydrogen-bond donors (Lipinski definition) is 0. The van der Waals surface area contributed by atoms with E-state index in [-0.39, 0.29) is 17.1 Å². The third kappa shape index (κ3) is 4.39.